The Labute approximate surface area is 105 Å². The minimum Gasteiger partial charge on any atom is -0.497 e. The molecule has 0 aliphatic carbocycles. The monoisotopic (exact) mass is 239 g/mol. The number of nitrogens with zero attached hydrogens (tertiary/aromatic N) is 3. The van der Waals surface area contributed by atoms with Gasteiger partial charge in [-0.3, -0.25) is 4.40 Å². The van der Waals surface area contributed by atoms with E-state index in [2.05, 4.69) is 9.97 Å². The number of hydrogen-bond acceptors (Lipinski definition) is 3. The molecule has 0 aliphatic heterocycles. The van der Waals surface area contributed by atoms with Crippen molar-refractivity contribution in [3.05, 3.63) is 48.4 Å². The van der Waals surface area contributed by atoms with Crippen LogP contribution in [-0.2, 0) is 0 Å². The zero-order valence-corrected chi connectivity index (χ0v) is 10.3. The normalized spacial score (nSPS) is 10.8. The smallest absolute Gasteiger partial charge is 0.234 e. The molecule has 4 heteroatoms. The van der Waals surface area contributed by atoms with E-state index in [1.807, 2.05) is 47.9 Å². The maximum atomic E-state index is 5.16. The largest absolute Gasteiger partial charge is 0.497 e. The van der Waals surface area contributed by atoms with E-state index in [1.54, 1.807) is 13.3 Å². The van der Waals surface area contributed by atoms with Gasteiger partial charge in [0.05, 0.1) is 12.8 Å². The summed E-state index contributed by atoms with van der Waals surface area (Å²) in [5.74, 6) is 1.57. The summed E-state index contributed by atoms with van der Waals surface area (Å²) in [6.07, 6.45) is 3.72. The van der Waals surface area contributed by atoms with Crippen LogP contribution in [0.25, 0.3) is 17.0 Å². The van der Waals surface area contributed by atoms with Gasteiger partial charge in [0.2, 0.25) is 5.78 Å². The van der Waals surface area contributed by atoms with Crippen LogP contribution in [0.1, 0.15) is 5.69 Å². The molecule has 0 N–H and O–H groups in total. The Balaban J connectivity index is 2.15. The fourth-order valence-corrected chi connectivity index (χ4v) is 2.02. The molecule has 0 aliphatic rings. The number of rotatable bonds is 2. The second-order valence-corrected chi connectivity index (χ2v) is 4.06. The van der Waals surface area contributed by atoms with E-state index in [4.69, 9.17) is 4.74 Å². The third kappa shape index (κ3) is 1.62. The molecule has 0 unspecified atom stereocenters. The van der Waals surface area contributed by atoms with Crippen LogP contribution < -0.4 is 4.74 Å². The molecule has 2 heterocycles. The molecule has 0 fully saturated rings. The fraction of sp³-hybridized carbons (Fsp3) is 0.143. The molecule has 3 rings (SSSR count). The first-order chi connectivity index (χ1) is 8.79. The molecule has 0 amide bonds. The first-order valence-corrected chi connectivity index (χ1v) is 5.73. The van der Waals surface area contributed by atoms with E-state index in [1.165, 1.54) is 0 Å². The molecule has 0 saturated carbocycles. The topological polar surface area (TPSA) is 39.4 Å². The number of aromatic nitrogens is 3. The molecule has 18 heavy (non-hydrogen) atoms. The second kappa shape index (κ2) is 4.14. The van der Waals surface area contributed by atoms with Crippen molar-refractivity contribution in [2.24, 2.45) is 0 Å². The lowest BCUT2D eigenvalue weighted by Crippen LogP contribution is -1.88. The Morgan fingerprint density at radius 3 is 2.61 bits per heavy atom. The predicted octanol–water partition coefficient (Wildman–Crippen LogP) is 2.71. The molecular weight excluding hydrogens is 226 g/mol. The van der Waals surface area contributed by atoms with E-state index in [0.717, 1.165) is 28.5 Å². The number of imidazole rings is 1. The molecule has 3 aromatic rings. The Morgan fingerprint density at radius 1 is 1.17 bits per heavy atom. The van der Waals surface area contributed by atoms with E-state index in [-0.39, 0.29) is 0 Å². The van der Waals surface area contributed by atoms with Gasteiger partial charge in [-0.1, -0.05) is 0 Å². The van der Waals surface area contributed by atoms with Crippen LogP contribution in [0, 0.1) is 6.92 Å². The minimum absolute atomic E-state index is 0.723. The van der Waals surface area contributed by atoms with Gasteiger partial charge in [-0.2, -0.15) is 0 Å². The van der Waals surface area contributed by atoms with Crippen molar-refractivity contribution in [2.45, 2.75) is 6.92 Å². The number of hydrogen-bond donors (Lipinski definition) is 0. The van der Waals surface area contributed by atoms with Crippen molar-refractivity contribution < 1.29 is 4.74 Å². The van der Waals surface area contributed by atoms with Gasteiger partial charge >= 0.3 is 0 Å². The quantitative estimate of drug-likeness (QED) is 0.690. The standard InChI is InChI=1S/C14H13N3O/c1-10-13(11-4-6-12(18-2)7-5-11)16-14-15-8-3-9-17(10)14/h3-9H,1-2H3. The SMILES string of the molecule is COc1ccc(-c2nc3ncccn3c2C)cc1. The van der Waals surface area contributed by atoms with Crippen molar-refractivity contribution in [2.75, 3.05) is 7.11 Å². The fourth-order valence-electron chi connectivity index (χ4n) is 2.02. The lowest BCUT2D eigenvalue weighted by Gasteiger charge is -2.02. The van der Waals surface area contributed by atoms with Crippen molar-refractivity contribution in [1.29, 1.82) is 0 Å². The summed E-state index contributed by atoms with van der Waals surface area (Å²) >= 11 is 0. The van der Waals surface area contributed by atoms with Gasteiger partial charge < -0.3 is 4.74 Å². The maximum Gasteiger partial charge on any atom is 0.234 e. The second-order valence-electron chi connectivity index (χ2n) is 4.06. The van der Waals surface area contributed by atoms with Gasteiger partial charge in [-0.05, 0) is 37.3 Å². The zero-order valence-electron chi connectivity index (χ0n) is 10.3. The number of methoxy groups -OCH3 is 1. The highest BCUT2D eigenvalue weighted by Gasteiger charge is 2.10. The number of fused-ring (bicyclic) bond motifs is 1. The molecule has 2 aromatic heterocycles. The maximum absolute atomic E-state index is 5.16. The first-order valence-electron chi connectivity index (χ1n) is 5.73. The first kappa shape index (κ1) is 10.8. The van der Waals surface area contributed by atoms with Crippen LogP contribution in [0.15, 0.2) is 42.7 Å². The summed E-state index contributed by atoms with van der Waals surface area (Å²) in [5.41, 5.74) is 3.11. The van der Waals surface area contributed by atoms with Crippen LogP contribution in [0.2, 0.25) is 0 Å². The lowest BCUT2D eigenvalue weighted by atomic mass is 10.1. The predicted molar refractivity (Wildman–Crippen MR) is 69.7 cm³/mol. The molecule has 0 atom stereocenters. The molecule has 90 valence electrons. The Morgan fingerprint density at radius 2 is 1.94 bits per heavy atom. The molecule has 1 aromatic carbocycles. The molecule has 0 bridgehead atoms. The van der Waals surface area contributed by atoms with Crippen LogP contribution in [0.5, 0.6) is 5.75 Å². The van der Waals surface area contributed by atoms with Crippen LogP contribution >= 0.6 is 0 Å². The van der Waals surface area contributed by atoms with Gasteiger partial charge in [0.15, 0.2) is 0 Å². The van der Waals surface area contributed by atoms with Crippen molar-refractivity contribution >= 4 is 5.78 Å². The third-order valence-corrected chi connectivity index (χ3v) is 3.01. The third-order valence-electron chi connectivity index (χ3n) is 3.01. The molecule has 0 radical (unpaired) electrons. The highest BCUT2D eigenvalue weighted by Crippen LogP contribution is 2.24. The van der Waals surface area contributed by atoms with Crippen molar-refractivity contribution in [1.82, 2.24) is 14.4 Å². The van der Waals surface area contributed by atoms with Crippen molar-refractivity contribution in [3.63, 3.8) is 0 Å². The van der Waals surface area contributed by atoms with Gasteiger partial charge in [-0.25, -0.2) is 9.97 Å². The van der Waals surface area contributed by atoms with E-state index >= 15 is 0 Å². The average Bonchev–Trinajstić information content (AvgIpc) is 2.77. The van der Waals surface area contributed by atoms with E-state index in [9.17, 15) is 0 Å². The summed E-state index contributed by atoms with van der Waals surface area (Å²) in [7, 11) is 1.66. The average molecular weight is 239 g/mol. The van der Waals surface area contributed by atoms with E-state index in [0.29, 0.717) is 0 Å². The summed E-state index contributed by atoms with van der Waals surface area (Å²) < 4.78 is 7.14. The van der Waals surface area contributed by atoms with Crippen LogP contribution in [-0.4, -0.2) is 21.5 Å². The highest BCUT2D eigenvalue weighted by molar-refractivity contribution is 5.65. The molecule has 4 nitrogen and oxygen atoms in total. The van der Waals surface area contributed by atoms with Crippen LogP contribution in [0.3, 0.4) is 0 Å². The van der Waals surface area contributed by atoms with Crippen molar-refractivity contribution in [3.8, 4) is 17.0 Å². The molecule has 0 saturated heterocycles. The minimum atomic E-state index is 0.723. The summed E-state index contributed by atoms with van der Waals surface area (Å²) in [6, 6.07) is 9.79. The number of benzene rings is 1. The summed E-state index contributed by atoms with van der Waals surface area (Å²) in [6.45, 7) is 2.04. The van der Waals surface area contributed by atoms with Gasteiger partial charge in [0.1, 0.15) is 5.75 Å². The van der Waals surface area contributed by atoms with Gasteiger partial charge in [0, 0.05) is 23.7 Å². The Hall–Kier alpha value is -2.36. The highest BCUT2D eigenvalue weighted by atomic mass is 16.5. The molecule has 0 spiro atoms. The number of aryl methyl sites for hydroxylation is 1. The molecular formula is C14H13N3O. The lowest BCUT2D eigenvalue weighted by molar-refractivity contribution is 0.415. The number of ether oxygens (including phenoxy) is 1. The Kier molecular flexibility index (Phi) is 2.48. The van der Waals surface area contributed by atoms with Crippen LogP contribution in [0.4, 0.5) is 0 Å². The Bertz CT molecular complexity index is 686. The zero-order chi connectivity index (χ0) is 12.5. The van der Waals surface area contributed by atoms with Gasteiger partial charge in [0.25, 0.3) is 0 Å². The summed E-state index contributed by atoms with van der Waals surface area (Å²) in [5, 5.41) is 0. The summed E-state index contributed by atoms with van der Waals surface area (Å²) in [4.78, 5) is 8.80. The van der Waals surface area contributed by atoms with Gasteiger partial charge in [-0.15, -0.1) is 0 Å². The van der Waals surface area contributed by atoms with E-state index < -0.39 is 0 Å².